The molecule has 3 heteroatoms. The van der Waals surface area contributed by atoms with E-state index >= 15 is 0 Å². The number of hydrogen-bond acceptors (Lipinski definition) is 3. The number of nitrogens with zero attached hydrogens (tertiary/aromatic N) is 1. The Kier molecular flexibility index (Phi) is 5.27. The first-order valence-electron chi connectivity index (χ1n) is 7.25. The van der Waals surface area contributed by atoms with Crippen molar-refractivity contribution < 1.29 is 0 Å². The molecule has 1 aromatic carbocycles. The second kappa shape index (κ2) is 7.17. The molecule has 0 aliphatic heterocycles. The molecule has 0 fully saturated rings. The predicted octanol–water partition coefficient (Wildman–Crippen LogP) is 2.95. The van der Waals surface area contributed by atoms with Crippen molar-refractivity contribution in [3.63, 3.8) is 0 Å². The Labute approximate surface area is 121 Å². The van der Waals surface area contributed by atoms with Crippen LogP contribution in [0.25, 0.3) is 0 Å². The van der Waals surface area contributed by atoms with Gasteiger partial charge in [0, 0.05) is 18.3 Å². The molecular weight excluding hydrogens is 246 g/mol. The quantitative estimate of drug-likeness (QED) is 0.626. The smallest absolute Gasteiger partial charge is 0.0515 e. The van der Waals surface area contributed by atoms with Gasteiger partial charge in [-0.2, -0.15) is 0 Å². The summed E-state index contributed by atoms with van der Waals surface area (Å²) in [6.45, 7) is 4.29. The van der Waals surface area contributed by atoms with Gasteiger partial charge in [-0.15, -0.1) is 0 Å². The lowest BCUT2D eigenvalue weighted by atomic mass is 10.00. The van der Waals surface area contributed by atoms with Crippen LogP contribution in [0.3, 0.4) is 0 Å². The van der Waals surface area contributed by atoms with Gasteiger partial charge >= 0.3 is 0 Å². The van der Waals surface area contributed by atoms with E-state index in [0.717, 1.165) is 25.0 Å². The topological polar surface area (TPSA) is 50.9 Å². The van der Waals surface area contributed by atoms with Crippen LogP contribution in [-0.2, 0) is 19.3 Å². The Morgan fingerprint density at radius 3 is 2.15 bits per heavy atom. The minimum atomic E-state index is 0.0980. The average molecular weight is 269 g/mol. The third-order valence-corrected chi connectivity index (χ3v) is 3.70. The molecule has 0 spiro atoms. The summed E-state index contributed by atoms with van der Waals surface area (Å²) in [5.74, 6) is 5.70. The molecule has 0 radical (unpaired) electrons. The minimum Gasteiger partial charge on any atom is -0.271 e. The largest absolute Gasteiger partial charge is 0.271 e. The van der Waals surface area contributed by atoms with Gasteiger partial charge in [-0.1, -0.05) is 44.2 Å². The third kappa shape index (κ3) is 3.65. The lowest BCUT2D eigenvalue weighted by Gasteiger charge is -2.16. The monoisotopic (exact) mass is 269 g/mol. The number of pyridine rings is 1. The van der Waals surface area contributed by atoms with Crippen LogP contribution in [0, 0.1) is 0 Å². The second-order valence-electron chi connectivity index (χ2n) is 5.03. The number of aromatic nitrogens is 1. The molecular formula is C17H23N3. The van der Waals surface area contributed by atoms with E-state index in [9.17, 15) is 0 Å². The van der Waals surface area contributed by atoms with Gasteiger partial charge in [-0.3, -0.25) is 16.3 Å². The molecule has 2 aromatic rings. The summed E-state index contributed by atoms with van der Waals surface area (Å²) in [6, 6.07) is 12.9. The molecule has 3 nitrogen and oxygen atoms in total. The van der Waals surface area contributed by atoms with E-state index in [2.05, 4.69) is 60.7 Å². The Morgan fingerprint density at radius 2 is 1.65 bits per heavy atom. The van der Waals surface area contributed by atoms with Gasteiger partial charge in [0.15, 0.2) is 0 Å². The van der Waals surface area contributed by atoms with Gasteiger partial charge in [0.2, 0.25) is 0 Å². The fraction of sp³-hybridized carbons (Fsp3) is 0.353. The fourth-order valence-corrected chi connectivity index (χ4v) is 2.25. The molecule has 3 N–H and O–H groups in total. The molecule has 0 aliphatic rings. The molecule has 20 heavy (non-hydrogen) atoms. The van der Waals surface area contributed by atoms with Gasteiger partial charge in [0.1, 0.15) is 0 Å². The lowest BCUT2D eigenvalue weighted by Crippen LogP contribution is -2.29. The van der Waals surface area contributed by atoms with Crippen molar-refractivity contribution in [1.82, 2.24) is 10.4 Å². The molecule has 106 valence electrons. The van der Waals surface area contributed by atoms with E-state index in [1.165, 1.54) is 16.7 Å². The summed E-state index contributed by atoms with van der Waals surface area (Å²) in [4.78, 5) is 4.50. The van der Waals surface area contributed by atoms with Gasteiger partial charge in [0.05, 0.1) is 6.04 Å². The van der Waals surface area contributed by atoms with Crippen LogP contribution < -0.4 is 11.3 Å². The van der Waals surface area contributed by atoms with Crippen molar-refractivity contribution >= 4 is 0 Å². The summed E-state index contributed by atoms with van der Waals surface area (Å²) in [5, 5.41) is 0. The highest BCUT2D eigenvalue weighted by atomic mass is 15.2. The lowest BCUT2D eigenvalue weighted by molar-refractivity contribution is 0.545. The summed E-state index contributed by atoms with van der Waals surface area (Å²) >= 11 is 0. The highest BCUT2D eigenvalue weighted by Crippen LogP contribution is 2.18. The first-order chi connectivity index (χ1) is 9.76. The number of benzene rings is 1. The number of aryl methyl sites for hydroxylation is 2. The first-order valence-corrected chi connectivity index (χ1v) is 7.25. The van der Waals surface area contributed by atoms with Crippen LogP contribution in [0.15, 0.2) is 42.6 Å². The van der Waals surface area contributed by atoms with Crippen molar-refractivity contribution in [3.8, 4) is 0 Å². The number of nitrogens with one attached hydrogen (secondary N) is 1. The molecule has 0 amide bonds. The predicted molar refractivity (Wildman–Crippen MR) is 83.2 cm³/mol. The normalized spacial score (nSPS) is 12.3. The summed E-state index contributed by atoms with van der Waals surface area (Å²) < 4.78 is 0. The number of rotatable bonds is 6. The highest BCUT2D eigenvalue weighted by molar-refractivity contribution is 5.26. The molecule has 1 atom stereocenters. The van der Waals surface area contributed by atoms with Crippen LogP contribution in [0.2, 0.25) is 0 Å². The molecule has 0 saturated carbocycles. The fourth-order valence-electron chi connectivity index (χ4n) is 2.25. The third-order valence-electron chi connectivity index (χ3n) is 3.70. The highest BCUT2D eigenvalue weighted by Gasteiger charge is 2.11. The van der Waals surface area contributed by atoms with E-state index in [1.807, 2.05) is 6.20 Å². The van der Waals surface area contributed by atoms with Crippen LogP contribution >= 0.6 is 0 Å². The summed E-state index contributed by atoms with van der Waals surface area (Å²) in [7, 11) is 0. The molecule has 1 aromatic heterocycles. The van der Waals surface area contributed by atoms with E-state index in [-0.39, 0.29) is 6.04 Å². The molecule has 0 saturated heterocycles. The summed E-state index contributed by atoms with van der Waals surface area (Å²) in [5.41, 5.74) is 7.76. The first kappa shape index (κ1) is 14.7. The Balaban J connectivity index is 2.10. The number of hydrogen-bond donors (Lipinski definition) is 2. The molecule has 1 heterocycles. The minimum absolute atomic E-state index is 0.0980. The number of nitrogens with two attached hydrogens (primary N) is 1. The average Bonchev–Trinajstić information content (AvgIpc) is 2.53. The second-order valence-corrected chi connectivity index (χ2v) is 5.03. The summed E-state index contributed by atoms with van der Waals surface area (Å²) in [6.07, 6.45) is 4.82. The number of hydrazine groups is 1. The van der Waals surface area contributed by atoms with E-state index < -0.39 is 0 Å². The zero-order valence-corrected chi connectivity index (χ0v) is 12.3. The van der Waals surface area contributed by atoms with Crippen molar-refractivity contribution in [2.75, 3.05) is 0 Å². The van der Waals surface area contributed by atoms with Crippen LogP contribution in [0.1, 0.15) is 42.3 Å². The Bertz CT molecular complexity index is 517. The van der Waals surface area contributed by atoms with Gasteiger partial charge < -0.3 is 0 Å². The zero-order valence-electron chi connectivity index (χ0n) is 12.3. The van der Waals surface area contributed by atoms with E-state index in [1.54, 1.807) is 0 Å². The van der Waals surface area contributed by atoms with E-state index in [4.69, 9.17) is 5.84 Å². The van der Waals surface area contributed by atoms with Crippen molar-refractivity contribution in [3.05, 3.63) is 65.0 Å². The Hall–Kier alpha value is -1.71. The van der Waals surface area contributed by atoms with Gasteiger partial charge in [-0.05, 0) is 35.6 Å². The zero-order chi connectivity index (χ0) is 14.4. The Morgan fingerprint density at radius 1 is 1.00 bits per heavy atom. The van der Waals surface area contributed by atoms with Crippen LogP contribution in [0.4, 0.5) is 0 Å². The van der Waals surface area contributed by atoms with Crippen molar-refractivity contribution in [2.45, 2.75) is 39.2 Å². The van der Waals surface area contributed by atoms with E-state index in [0.29, 0.717) is 0 Å². The SMILES string of the molecule is CCc1ccc(C(Cc2ccc(CC)cn2)NN)cc1. The maximum atomic E-state index is 5.70. The molecule has 1 unspecified atom stereocenters. The molecule has 0 aliphatic carbocycles. The van der Waals surface area contributed by atoms with Crippen LogP contribution in [-0.4, -0.2) is 4.98 Å². The maximum Gasteiger partial charge on any atom is 0.0515 e. The van der Waals surface area contributed by atoms with Crippen LogP contribution in [0.5, 0.6) is 0 Å². The van der Waals surface area contributed by atoms with Gasteiger partial charge in [-0.25, -0.2) is 0 Å². The molecule has 0 bridgehead atoms. The van der Waals surface area contributed by atoms with Crippen molar-refractivity contribution in [2.24, 2.45) is 5.84 Å². The molecule has 2 rings (SSSR count). The van der Waals surface area contributed by atoms with Crippen molar-refractivity contribution in [1.29, 1.82) is 0 Å². The van der Waals surface area contributed by atoms with Gasteiger partial charge in [0.25, 0.3) is 0 Å². The maximum absolute atomic E-state index is 5.70. The standard InChI is InChI=1S/C17H23N3/c1-3-13-5-8-15(9-6-13)17(20-18)11-16-10-7-14(4-2)12-19-16/h5-10,12,17,20H,3-4,11,18H2,1-2H3.